The van der Waals surface area contributed by atoms with Crippen molar-refractivity contribution >= 4 is 5.82 Å². The first-order valence-corrected chi connectivity index (χ1v) is 6.97. The van der Waals surface area contributed by atoms with Gasteiger partial charge in [-0.2, -0.15) is 0 Å². The van der Waals surface area contributed by atoms with Crippen molar-refractivity contribution in [2.45, 2.75) is 40.0 Å². The van der Waals surface area contributed by atoms with Gasteiger partial charge >= 0.3 is 0 Å². The predicted molar refractivity (Wildman–Crippen MR) is 85.2 cm³/mol. The summed E-state index contributed by atoms with van der Waals surface area (Å²) in [6.45, 7) is 10.7. The molecule has 3 nitrogen and oxygen atoms in total. The van der Waals surface area contributed by atoms with Crippen LogP contribution in [0, 0.1) is 13.8 Å². The molecular formula is C17H23N3. The van der Waals surface area contributed by atoms with Crippen molar-refractivity contribution in [2.75, 3.05) is 12.4 Å². The molecule has 2 aromatic rings. The van der Waals surface area contributed by atoms with Crippen molar-refractivity contribution in [3.63, 3.8) is 0 Å². The number of benzene rings is 1. The van der Waals surface area contributed by atoms with Gasteiger partial charge in [0.2, 0.25) is 0 Å². The molecule has 1 heterocycles. The van der Waals surface area contributed by atoms with Crippen LogP contribution in [0.4, 0.5) is 5.82 Å². The lowest BCUT2D eigenvalue weighted by atomic mass is 9.91. The van der Waals surface area contributed by atoms with Gasteiger partial charge < -0.3 is 5.32 Å². The lowest BCUT2D eigenvalue weighted by molar-refractivity contribution is 0.568. The van der Waals surface area contributed by atoms with Gasteiger partial charge in [0.1, 0.15) is 5.82 Å². The van der Waals surface area contributed by atoms with Crippen molar-refractivity contribution in [1.29, 1.82) is 0 Å². The van der Waals surface area contributed by atoms with Crippen molar-refractivity contribution in [1.82, 2.24) is 9.97 Å². The zero-order valence-corrected chi connectivity index (χ0v) is 13.2. The standard InChI is InChI=1S/C17H23N3/c1-11-8-7-9-12(2)15(11)16-19-13(17(3,4)5)10-14(18-6)20-16/h7-10H,1-6H3,(H,18,19,20). The van der Waals surface area contributed by atoms with Crippen molar-refractivity contribution in [2.24, 2.45) is 0 Å². The van der Waals surface area contributed by atoms with Gasteiger partial charge in [-0.25, -0.2) is 9.97 Å². The van der Waals surface area contributed by atoms with Crippen LogP contribution in [0.5, 0.6) is 0 Å². The number of aromatic nitrogens is 2. The molecule has 1 N–H and O–H groups in total. The molecule has 1 aromatic carbocycles. The average molecular weight is 269 g/mol. The molecule has 0 saturated carbocycles. The topological polar surface area (TPSA) is 37.8 Å². The number of hydrogen-bond acceptors (Lipinski definition) is 3. The molecule has 106 valence electrons. The summed E-state index contributed by atoms with van der Waals surface area (Å²) in [5.41, 5.74) is 4.60. The smallest absolute Gasteiger partial charge is 0.162 e. The van der Waals surface area contributed by atoms with Gasteiger partial charge in [0.05, 0.1) is 5.69 Å². The highest BCUT2D eigenvalue weighted by Crippen LogP contribution is 2.29. The highest BCUT2D eigenvalue weighted by molar-refractivity contribution is 5.66. The Balaban J connectivity index is 2.68. The fraction of sp³-hybridized carbons (Fsp3) is 0.412. The highest BCUT2D eigenvalue weighted by atomic mass is 15.0. The molecule has 0 aliphatic rings. The molecular weight excluding hydrogens is 246 g/mol. The Bertz CT molecular complexity index is 604. The summed E-state index contributed by atoms with van der Waals surface area (Å²) >= 11 is 0. The SMILES string of the molecule is CNc1cc(C(C)(C)C)nc(-c2c(C)cccc2C)n1. The Hall–Kier alpha value is -1.90. The lowest BCUT2D eigenvalue weighted by Gasteiger charge is -2.20. The summed E-state index contributed by atoms with van der Waals surface area (Å²) in [6.07, 6.45) is 0. The van der Waals surface area contributed by atoms with Crippen LogP contribution in [0.25, 0.3) is 11.4 Å². The summed E-state index contributed by atoms with van der Waals surface area (Å²) < 4.78 is 0. The minimum atomic E-state index is -0.000119. The first-order chi connectivity index (χ1) is 9.32. The third kappa shape index (κ3) is 2.82. The van der Waals surface area contributed by atoms with Gasteiger partial charge in [-0.05, 0) is 25.0 Å². The maximum Gasteiger partial charge on any atom is 0.162 e. The number of aryl methyl sites for hydroxylation is 2. The number of nitrogens with one attached hydrogen (secondary N) is 1. The van der Waals surface area contributed by atoms with E-state index >= 15 is 0 Å². The van der Waals surface area contributed by atoms with E-state index < -0.39 is 0 Å². The molecule has 2 rings (SSSR count). The molecule has 0 fully saturated rings. The fourth-order valence-corrected chi connectivity index (χ4v) is 2.24. The largest absolute Gasteiger partial charge is 0.373 e. The number of nitrogens with zero attached hydrogens (tertiary/aromatic N) is 2. The van der Waals surface area contributed by atoms with Crippen molar-refractivity contribution in [3.8, 4) is 11.4 Å². The number of hydrogen-bond donors (Lipinski definition) is 1. The van der Waals surface area contributed by atoms with Gasteiger partial charge in [0.25, 0.3) is 0 Å². The molecule has 0 atom stereocenters. The summed E-state index contributed by atoms with van der Waals surface area (Å²) in [5, 5.41) is 3.14. The Morgan fingerprint density at radius 2 is 1.60 bits per heavy atom. The zero-order chi connectivity index (χ0) is 14.9. The summed E-state index contributed by atoms with van der Waals surface area (Å²) in [6, 6.07) is 8.31. The highest BCUT2D eigenvalue weighted by Gasteiger charge is 2.19. The first-order valence-electron chi connectivity index (χ1n) is 6.97. The van der Waals surface area contributed by atoms with E-state index in [0.29, 0.717) is 0 Å². The van der Waals surface area contributed by atoms with E-state index in [-0.39, 0.29) is 5.41 Å². The molecule has 0 saturated heterocycles. The first kappa shape index (κ1) is 14.5. The van der Waals surface area contributed by atoms with E-state index in [1.807, 2.05) is 13.1 Å². The second kappa shape index (κ2) is 5.23. The van der Waals surface area contributed by atoms with Gasteiger partial charge in [-0.3, -0.25) is 0 Å². The predicted octanol–water partition coefficient (Wildman–Crippen LogP) is 4.10. The molecule has 0 amide bonds. The van der Waals surface area contributed by atoms with Crippen LogP contribution >= 0.6 is 0 Å². The molecule has 0 radical (unpaired) electrons. The van der Waals surface area contributed by atoms with Crippen LogP contribution in [0.3, 0.4) is 0 Å². The Morgan fingerprint density at radius 3 is 2.10 bits per heavy atom. The van der Waals surface area contributed by atoms with Gasteiger partial charge in [-0.1, -0.05) is 39.0 Å². The quantitative estimate of drug-likeness (QED) is 0.892. The van der Waals surface area contributed by atoms with Gasteiger partial charge in [0.15, 0.2) is 5.82 Å². The van der Waals surface area contributed by atoms with E-state index in [1.54, 1.807) is 0 Å². The lowest BCUT2D eigenvalue weighted by Crippen LogP contribution is -2.15. The van der Waals surface area contributed by atoms with Crippen LogP contribution < -0.4 is 5.32 Å². The number of rotatable bonds is 2. The third-order valence-electron chi connectivity index (χ3n) is 3.46. The molecule has 20 heavy (non-hydrogen) atoms. The fourth-order valence-electron chi connectivity index (χ4n) is 2.24. The van der Waals surface area contributed by atoms with E-state index in [1.165, 1.54) is 11.1 Å². The summed E-state index contributed by atoms with van der Waals surface area (Å²) in [5.74, 6) is 1.67. The normalized spacial score (nSPS) is 11.5. The second-order valence-electron chi connectivity index (χ2n) is 6.23. The van der Waals surface area contributed by atoms with E-state index in [2.05, 4.69) is 63.1 Å². The Labute approximate surface area is 121 Å². The Kier molecular flexibility index (Phi) is 3.80. The van der Waals surface area contributed by atoms with E-state index in [9.17, 15) is 0 Å². The van der Waals surface area contributed by atoms with E-state index in [4.69, 9.17) is 4.98 Å². The van der Waals surface area contributed by atoms with Crippen LogP contribution in [-0.2, 0) is 5.41 Å². The van der Waals surface area contributed by atoms with Crippen LogP contribution in [0.15, 0.2) is 24.3 Å². The number of anilines is 1. The molecule has 0 unspecified atom stereocenters. The van der Waals surface area contributed by atoms with Crippen LogP contribution in [0.1, 0.15) is 37.6 Å². The van der Waals surface area contributed by atoms with Gasteiger partial charge in [-0.15, -0.1) is 0 Å². The van der Waals surface area contributed by atoms with Crippen LogP contribution in [0.2, 0.25) is 0 Å². The second-order valence-corrected chi connectivity index (χ2v) is 6.23. The molecule has 0 aliphatic carbocycles. The maximum absolute atomic E-state index is 4.79. The minimum Gasteiger partial charge on any atom is -0.373 e. The van der Waals surface area contributed by atoms with Crippen molar-refractivity contribution < 1.29 is 0 Å². The summed E-state index contributed by atoms with van der Waals surface area (Å²) in [4.78, 5) is 9.43. The average Bonchev–Trinajstić information content (AvgIpc) is 2.37. The molecule has 0 spiro atoms. The van der Waals surface area contributed by atoms with Gasteiger partial charge in [0, 0.05) is 24.1 Å². The summed E-state index contributed by atoms with van der Waals surface area (Å²) in [7, 11) is 1.89. The minimum absolute atomic E-state index is 0.000119. The van der Waals surface area contributed by atoms with Crippen molar-refractivity contribution in [3.05, 3.63) is 41.1 Å². The zero-order valence-electron chi connectivity index (χ0n) is 13.2. The molecule has 3 heteroatoms. The maximum atomic E-state index is 4.79. The third-order valence-corrected chi connectivity index (χ3v) is 3.46. The monoisotopic (exact) mass is 269 g/mol. The van der Waals surface area contributed by atoms with Crippen LogP contribution in [-0.4, -0.2) is 17.0 Å². The molecule has 0 aliphatic heterocycles. The Morgan fingerprint density at radius 1 is 1.00 bits per heavy atom. The molecule has 0 bridgehead atoms. The molecule has 1 aromatic heterocycles. The van der Waals surface area contributed by atoms with E-state index in [0.717, 1.165) is 22.9 Å².